The monoisotopic (exact) mass is 375 g/mol. The molecule has 0 spiro atoms. The molecule has 1 aromatic heterocycles. The molecule has 2 heterocycles. The van der Waals surface area contributed by atoms with Gasteiger partial charge >= 0.3 is 6.03 Å². The molecule has 0 aliphatic carbocycles. The molecular weight excluding hydrogens is 352 g/mol. The molecule has 0 unspecified atom stereocenters. The highest BCUT2D eigenvalue weighted by Gasteiger charge is 2.23. The Hall–Kier alpha value is -2.77. The maximum absolute atomic E-state index is 13.7. The van der Waals surface area contributed by atoms with E-state index >= 15 is 0 Å². The summed E-state index contributed by atoms with van der Waals surface area (Å²) in [4.78, 5) is 25.2. The fourth-order valence-corrected chi connectivity index (χ4v) is 2.92. The predicted octanol–water partition coefficient (Wildman–Crippen LogP) is 3.54. The highest BCUT2D eigenvalue weighted by molar-refractivity contribution is 5.89. The second-order valence-corrected chi connectivity index (χ2v) is 6.91. The topological polar surface area (TPSA) is 61.4 Å². The van der Waals surface area contributed by atoms with Crippen LogP contribution in [0.15, 0.2) is 24.3 Å². The minimum absolute atomic E-state index is 0.0307. The number of benzene rings is 1. The van der Waals surface area contributed by atoms with Gasteiger partial charge in [-0.25, -0.2) is 23.5 Å². The van der Waals surface area contributed by atoms with Gasteiger partial charge in [0, 0.05) is 49.9 Å². The Labute approximate surface area is 157 Å². The minimum Gasteiger partial charge on any atom is -0.353 e. The van der Waals surface area contributed by atoms with E-state index < -0.39 is 17.7 Å². The second-order valence-electron chi connectivity index (χ2n) is 6.91. The fraction of sp³-hybridized carbons (Fsp3) is 0.421. The molecule has 1 aliphatic rings. The third-order valence-electron chi connectivity index (χ3n) is 4.44. The van der Waals surface area contributed by atoms with Gasteiger partial charge in [0.15, 0.2) is 0 Å². The van der Waals surface area contributed by atoms with Crippen LogP contribution in [0.1, 0.15) is 31.3 Å². The number of urea groups is 1. The van der Waals surface area contributed by atoms with Crippen LogP contribution in [0.2, 0.25) is 0 Å². The van der Waals surface area contributed by atoms with Crippen LogP contribution in [-0.4, -0.2) is 47.1 Å². The quantitative estimate of drug-likeness (QED) is 0.891. The number of amides is 2. The average molecular weight is 375 g/mol. The normalized spacial score (nSPS) is 14.6. The molecule has 1 fully saturated rings. The summed E-state index contributed by atoms with van der Waals surface area (Å²) in [7, 11) is 0. The van der Waals surface area contributed by atoms with E-state index in [9.17, 15) is 13.6 Å². The summed E-state index contributed by atoms with van der Waals surface area (Å²) >= 11 is 0. The highest BCUT2D eigenvalue weighted by Crippen LogP contribution is 2.20. The molecule has 0 atom stereocenters. The molecule has 8 heteroatoms. The average Bonchev–Trinajstić information content (AvgIpc) is 2.63. The molecule has 27 heavy (non-hydrogen) atoms. The van der Waals surface area contributed by atoms with Crippen molar-refractivity contribution in [3.8, 4) is 0 Å². The van der Waals surface area contributed by atoms with Crippen LogP contribution in [-0.2, 0) is 0 Å². The van der Waals surface area contributed by atoms with Crippen molar-refractivity contribution in [2.75, 3.05) is 36.4 Å². The Bertz CT molecular complexity index is 835. The van der Waals surface area contributed by atoms with Crippen LogP contribution >= 0.6 is 0 Å². The third kappa shape index (κ3) is 4.50. The number of halogens is 2. The smallest absolute Gasteiger partial charge is 0.322 e. The Morgan fingerprint density at radius 3 is 2.44 bits per heavy atom. The Kier molecular flexibility index (Phi) is 5.53. The zero-order chi connectivity index (χ0) is 19.6. The molecule has 2 aromatic rings. The first-order valence-corrected chi connectivity index (χ1v) is 8.95. The van der Waals surface area contributed by atoms with Crippen molar-refractivity contribution in [3.63, 3.8) is 0 Å². The van der Waals surface area contributed by atoms with Crippen LogP contribution < -0.4 is 10.2 Å². The zero-order valence-corrected chi connectivity index (χ0v) is 15.7. The van der Waals surface area contributed by atoms with Crippen molar-refractivity contribution in [3.05, 3.63) is 47.4 Å². The number of aryl methyl sites for hydroxylation is 1. The molecule has 3 rings (SSSR count). The van der Waals surface area contributed by atoms with Crippen molar-refractivity contribution in [1.82, 2.24) is 14.9 Å². The number of rotatable bonds is 3. The summed E-state index contributed by atoms with van der Waals surface area (Å²) in [5, 5.41) is 2.50. The molecule has 1 N–H and O–H groups in total. The summed E-state index contributed by atoms with van der Waals surface area (Å²) in [6.07, 6.45) is 0. The number of carbonyl (C=O) groups excluding carboxylic acids is 1. The van der Waals surface area contributed by atoms with Gasteiger partial charge in [-0.1, -0.05) is 13.8 Å². The van der Waals surface area contributed by atoms with Crippen molar-refractivity contribution >= 4 is 17.5 Å². The molecule has 1 saturated heterocycles. The minimum atomic E-state index is -0.792. The standard InChI is InChI=1S/C19H23F2N5O/c1-12(2)18-22-13(3)10-17(24-18)25-6-8-26(9-7-25)19(27)23-16-5-4-14(20)11-15(16)21/h4-5,10-12H,6-9H2,1-3H3,(H,23,27). The first-order valence-electron chi connectivity index (χ1n) is 8.95. The van der Waals surface area contributed by atoms with E-state index in [0.717, 1.165) is 29.5 Å². The van der Waals surface area contributed by atoms with Crippen LogP contribution in [0.3, 0.4) is 0 Å². The highest BCUT2D eigenvalue weighted by atomic mass is 19.1. The lowest BCUT2D eigenvalue weighted by Gasteiger charge is -2.35. The van der Waals surface area contributed by atoms with Gasteiger partial charge in [0.05, 0.1) is 5.69 Å². The van der Waals surface area contributed by atoms with Gasteiger partial charge in [-0.15, -0.1) is 0 Å². The Balaban J connectivity index is 1.62. The van der Waals surface area contributed by atoms with Crippen LogP contribution in [0.25, 0.3) is 0 Å². The molecule has 2 amide bonds. The van der Waals surface area contributed by atoms with Crippen molar-refractivity contribution in [2.45, 2.75) is 26.7 Å². The number of nitrogens with one attached hydrogen (secondary N) is 1. The number of hydrogen-bond acceptors (Lipinski definition) is 4. The number of anilines is 2. The van der Waals surface area contributed by atoms with E-state index in [4.69, 9.17) is 0 Å². The lowest BCUT2D eigenvalue weighted by atomic mass is 10.2. The van der Waals surface area contributed by atoms with Gasteiger partial charge < -0.3 is 15.1 Å². The van der Waals surface area contributed by atoms with Crippen LogP contribution in [0.5, 0.6) is 0 Å². The molecule has 0 bridgehead atoms. The van der Waals surface area contributed by atoms with E-state index in [0.29, 0.717) is 26.2 Å². The van der Waals surface area contributed by atoms with E-state index in [1.54, 1.807) is 4.90 Å². The van der Waals surface area contributed by atoms with Gasteiger partial charge in [0.2, 0.25) is 0 Å². The summed E-state index contributed by atoms with van der Waals surface area (Å²) in [5.41, 5.74) is 0.882. The first-order chi connectivity index (χ1) is 12.8. The molecule has 0 saturated carbocycles. The summed E-state index contributed by atoms with van der Waals surface area (Å²) in [6, 6.07) is 4.62. The van der Waals surface area contributed by atoms with Gasteiger partial charge in [-0.2, -0.15) is 0 Å². The number of nitrogens with zero attached hydrogens (tertiary/aromatic N) is 4. The third-order valence-corrected chi connectivity index (χ3v) is 4.44. The predicted molar refractivity (Wildman–Crippen MR) is 100 cm³/mol. The SMILES string of the molecule is Cc1cc(N2CCN(C(=O)Nc3ccc(F)cc3F)CC2)nc(C(C)C)n1. The molecule has 6 nitrogen and oxygen atoms in total. The first kappa shape index (κ1) is 19.0. The number of carbonyl (C=O) groups is 1. The number of hydrogen-bond donors (Lipinski definition) is 1. The summed E-state index contributed by atoms with van der Waals surface area (Å²) in [5.74, 6) is 0.425. The molecule has 0 radical (unpaired) electrons. The van der Waals surface area contributed by atoms with Gasteiger partial charge in [-0.05, 0) is 19.1 Å². The number of piperazine rings is 1. The number of aromatic nitrogens is 2. The lowest BCUT2D eigenvalue weighted by molar-refractivity contribution is 0.208. The van der Waals surface area contributed by atoms with E-state index in [2.05, 4.69) is 34.0 Å². The maximum Gasteiger partial charge on any atom is 0.322 e. The zero-order valence-electron chi connectivity index (χ0n) is 15.7. The van der Waals surface area contributed by atoms with Crippen molar-refractivity contribution in [1.29, 1.82) is 0 Å². The largest absolute Gasteiger partial charge is 0.353 e. The summed E-state index contributed by atoms with van der Waals surface area (Å²) in [6.45, 7) is 8.24. The maximum atomic E-state index is 13.7. The molecular formula is C19H23F2N5O. The van der Waals surface area contributed by atoms with Crippen molar-refractivity contribution in [2.24, 2.45) is 0 Å². The fourth-order valence-electron chi connectivity index (χ4n) is 2.92. The lowest BCUT2D eigenvalue weighted by Crippen LogP contribution is -2.50. The van der Waals surface area contributed by atoms with Gasteiger partial charge in [-0.3, -0.25) is 0 Å². The van der Waals surface area contributed by atoms with E-state index in [1.165, 1.54) is 6.07 Å². The van der Waals surface area contributed by atoms with E-state index in [-0.39, 0.29) is 11.6 Å². The van der Waals surface area contributed by atoms with Gasteiger partial charge in [0.25, 0.3) is 0 Å². The van der Waals surface area contributed by atoms with Crippen LogP contribution in [0.4, 0.5) is 25.1 Å². The molecule has 1 aromatic carbocycles. The van der Waals surface area contributed by atoms with E-state index in [1.807, 2.05) is 13.0 Å². The summed E-state index contributed by atoms with van der Waals surface area (Å²) < 4.78 is 26.7. The van der Waals surface area contributed by atoms with Crippen molar-refractivity contribution < 1.29 is 13.6 Å². The Morgan fingerprint density at radius 1 is 1.11 bits per heavy atom. The molecule has 144 valence electrons. The molecule has 1 aliphatic heterocycles. The van der Waals surface area contributed by atoms with Crippen LogP contribution in [0, 0.1) is 18.6 Å². The Morgan fingerprint density at radius 2 is 1.81 bits per heavy atom. The second kappa shape index (κ2) is 7.85. The van der Waals surface area contributed by atoms with Gasteiger partial charge in [0.1, 0.15) is 23.3 Å².